The maximum absolute atomic E-state index is 12.7. The number of hydrogen-bond acceptors (Lipinski definition) is 4. The van der Waals surface area contributed by atoms with Crippen LogP contribution >= 0.6 is 11.6 Å². The molecular formula is C19H20ClNO4. The van der Waals surface area contributed by atoms with Gasteiger partial charge in [0, 0.05) is 23.1 Å². The van der Waals surface area contributed by atoms with Crippen LogP contribution in [0.3, 0.4) is 0 Å². The molecule has 6 heteroatoms. The van der Waals surface area contributed by atoms with Crippen LogP contribution in [0.15, 0.2) is 30.3 Å². The summed E-state index contributed by atoms with van der Waals surface area (Å²) in [6, 6.07) is 8.63. The van der Waals surface area contributed by atoms with Gasteiger partial charge >= 0.3 is 0 Å². The van der Waals surface area contributed by atoms with E-state index in [4.69, 9.17) is 25.8 Å². The van der Waals surface area contributed by atoms with E-state index in [2.05, 4.69) is 5.32 Å². The number of hydrogen-bond donors (Lipinski definition) is 1. The van der Waals surface area contributed by atoms with Crippen molar-refractivity contribution in [2.45, 2.75) is 26.4 Å². The average Bonchev–Trinajstić information content (AvgIpc) is 2.94. The first-order chi connectivity index (χ1) is 12.0. The van der Waals surface area contributed by atoms with Crippen LogP contribution in [0.2, 0.25) is 5.02 Å². The summed E-state index contributed by atoms with van der Waals surface area (Å²) in [5, 5.41) is 3.34. The van der Waals surface area contributed by atoms with Gasteiger partial charge < -0.3 is 19.5 Å². The minimum absolute atomic E-state index is 0.114. The molecule has 1 aliphatic heterocycles. The van der Waals surface area contributed by atoms with Crippen LogP contribution in [0.25, 0.3) is 0 Å². The van der Waals surface area contributed by atoms with E-state index in [0.29, 0.717) is 34.4 Å². The lowest BCUT2D eigenvalue weighted by Gasteiger charge is -2.15. The fraction of sp³-hybridized carbons (Fsp3) is 0.316. The van der Waals surface area contributed by atoms with Crippen molar-refractivity contribution in [3.8, 4) is 17.2 Å². The second-order valence-corrected chi connectivity index (χ2v) is 6.26. The molecule has 1 atom stereocenters. The van der Waals surface area contributed by atoms with Crippen LogP contribution in [0, 0.1) is 0 Å². The Morgan fingerprint density at radius 2 is 2.12 bits per heavy atom. The Balaban J connectivity index is 1.93. The number of ether oxygens (including phenoxy) is 3. The van der Waals surface area contributed by atoms with E-state index in [0.717, 1.165) is 17.7 Å². The van der Waals surface area contributed by atoms with Gasteiger partial charge in [-0.15, -0.1) is 0 Å². The molecule has 0 radical (unpaired) electrons. The Hall–Kier alpha value is -2.40. The SMILES string of the molecule is CCOc1cc2c(cc1NC(=O)c1cc(Cl)ccc1OC)O[C@H](C)C2. The number of rotatable bonds is 5. The highest BCUT2D eigenvalue weighted by molar-refractivity contribution is 6.31. The maximum Gasteiger partial charge on any atom is 0.259 e. The first kappa shape index (κ1) is 17.4. The van der Waals surface area contributed by atoms with E-state index < -0.39 is 0 Å². The van der Waals surface area contributed by atoms with Gasteiger partial charge in [0.1, 0.15) is 23.4 Å². The van der Waals surface area contributed by atoms with Crippen molar-refractivity contribution < 1.29 is 19.0 Å². The van der Waals surface area contributed by atoms with Crippen molar-refractivity contribution in [3.63, 3.8) is 0 Å². The predicted molar refractivity (Wildman–Crippen MR) is 97.4 cm³/mol. The topological polar surface area (TPSA) is 56.8 Å². The van der Waals surface area contributed by atoms with Crippen LogP contribution in [0.4, 0.5) is 5.69 Å². The Labute approximate surface area is 151 Å². The van der Waals surface area contributed by atoms with Crippen molar-refractivity contribution in [3.05, 3.63) is 46.5 Å². The molecule has 25 heavy (non-hydrogen) atoms. The number of fused-ring (bicyclic) bond motifs is 1. The predicted octanol–water partition coefficient (Wildman–Crippen LogP) is 4.32. The van der Waals surface area contributed by atoms with Crippen LogP contribution < -0.4 is 19.5 Å². The van der Waals surface area contributed by atoms with Gasteiger partial charge in [-0.1, -0.05) is 11.6 Å². The first-order valence-electron chi connectivity index (χ1n) is 8.13. The van der Waals surface area contributed by atoms with Gasteiger partial charge in [0.2, 0.25) is 0 Å². The molecule has 0 bridgehead atoms. The summed E-state index contributed by atoms with van der Waals surface area (Å²) < 4.78 is 16.7. The van der Waals surface area contributed by atoms with Crippen molar-refractivity contribution in [1.29, 1.82) is 0 Å². The summed E-state index contributed by atoms with van der Waals surface area (Å²) in [5.41, 5.74) is 1.99. The molecule has 2 aromatic rings. The Bertz CT molecular complexity index is 806. The van der Waals surface area contributed by atoms with Gasteiger partial charge in [-0.05, 0) is 38.1 Å². The number of benzene rings is 2. The highest BCUT2D eigenvalue weighted by atomic mass is 35.5. The van der Waals surface area contributed by atoms with Gasteiger partial charge in [-0.3, -0.25) is 4.79 Å². The fourth-order valence-corrected chi connectivity index (χ4v) is 3.03. The quantitative estimate of drug-likeness (QED) is 0.861. The zero-order chi connectivity index (χ0) is 18.0. The van der Waals surface area contributed by atoms with E-state index in [1.54, 1.807) is 24.3 Å². The van der Waals surface area contributed by atoms with Crippen molar-refractivity contribution in [2.75, 3.05) is 19.0 Å². The number of carbonyl (C=O) groups excluding carboxylic acids is 1. The van der Waals surface area contributed by atoms with Gasteiger partial charge in [0.05, 0.1) is 25.0 Å². The largest absolute Gasteiger partial charge is 0.496 e. The maximum atomic E-state index is 12.7. The standard InChI is InChI=1S/C19H20ClNO4/c1-4-24-18-8-12-7-11(2)25-17(12)10-15(18)21-19(22)14-9-13(20)5-6-16(14)23-3/h5-6,8-11H,4,7H2,1-3H3,(H,21,22)/t11-/m1/s1. The number of amides is 1. The summed E-state index contributed by atoms with van der Waals surface area (Å²) in [6.45, 7) is 4.41. The zero-order valence-electron chi connectivity index (χ0n) is 14.4. The van der Waals surface area contributed by atoms with Crippen LogP contribution in [-0.2, 0) is 6.42 Å². The summed E-state index contributed by atoms with van der Waals surface area (Å²) >= 11 is 6.01. The lowest BCUT2D eigenvalue weighted by Crippen LogP contribution is -2.14. The van der Waals surface area contributed by atoms with E-state index in [1.807, 2.05) is 19.9 Å². The van der Waals surface area contributed by atoms with Crippen LogP contribution in [0.1, 0.15) is 29.8 Å². The normalized spacial score (nSPS) is 15.3. The molecule has 0 aromatic heterocycles. The average molecular weight is 362 g/mol. The third kappa shape index (κ3) is 3.66. The van der Waals surface area contributed by atoms with Gasteiger partial charge in [0.15, 0.2) is 0 Å². The molecule has 0 saturated heterocycles. The second-order valence-electron chi connectivity index (χ2n) is 5.82. The number of carbonyl (C=O) groups is 1. The van der Waals surface area contributed by atoms with E-state index in [1.165, 1.54) is 7.11 Å². The molecule has 1 aliphatic rings. The minimum atomic E-state index is -0.328. The molecule has 132 valence electrons. The fourth-order valence-electron chi connectivity index (χ4n) is 2.86. The minimum Gasteiger partial charge on any atom is -0.496 e. The molecule has 0 fully saturated rings. The third-order valence-electron chi connectivity index (χ3n) is 3.95. The second kappa shape index (κ2) is 7.23. The molecule has 0 spiro atoms. The first-order valence-corrected chi connectivity index (χ1v) is 8.51. The summed E-state index contributed by atoms with van der Waals surface area (Å²) in [4.78, 5) is 12.7. The van der Waals surface area contributed by atoms with E-state index in [9.17, 15) is 4.79 Å². The number of nitrogens with one attached hydrogen (secondary N) is 1. The van der Waals surface area contributed by atoms with Gasteiger partial charge in [0.25, 0.3) is 5.91 Å². The third-order valence-corrected chi connectivity index (χ3v) is 4.19. The molecular weight excluding hydrogens is 342 g/mol. The molecule has 1 N–H and O–H groups in total. The lowest BCUT2D eigenvalue weighted by molar-refractivity contribution is 0.102. The molecule has 0 unspecified atom stereocenters. The highest BCUT2D eigenvalue weighted by Gasteiger charge is 2.23. The summed E-state index contributed by atoms with van der Waals surface area (Å²) in [7, 11) is 1.51. The van der Waals surface area contributed by atoms with E-state index >= 15 is 0 Å². The van der Waals surface area contributed by atoms with Crippen molar-refractivity contribution in [2.24, 2.45) is 0 Å². The monoisotopic (exact) mass is 361 g/mol. The van der Waals surface area contributed by atoms with Crippen molar-refractivity contribution >= 4 is 23.2 Å². The molecule has 0 saturated carbocycles. The molecule has 1 heterocycles. The Kier molecular flexibility index (Phi) is 5.04. The number of methoxy groups -OCH3 is 1. The van der Waals surface area contributed by atoms with Gasteiger partial charge in [-0.2, -0.15) is 0 Å². The Morgan fingerprint density at radius 1 is 1.32 bits per heavy atom. The van der Waals surface area contributed by atoms with Gasteiger partial charge in [-0.25, -0.2) is 0 Å². The van der Waals surface area contributed by atoms with Crippen molar-refractivity contribution in [1.82, 2.24) is 0 Å². The number of anilines is 1. The van der Waals surface area contributed by atoms with Crippen LogP contribution in [0.5, 0.6) is 17.2 Å². The molecule has 3 rings (SSSR count). The summed E-state index contributed by atoms with van der Waals surface area (Å²) in [6.07, 6.45) is 0.939. The molecule has 0 aliphatic carbocycles. The molecule has 2 aromatic carbocycles. The zero-order valence-corrected chi connectivity index (χ0v) is 15.1. The van der Waals surface area contributed by atoms with Crippen LogP contribution in [-0.4, -0.2) is 25.7 Å². The molecule has 1 amide bonds. The highest BCUT2D eigenvalue weighted by Crippen LogP contribution is 2.38. The number of halogens is 1. The summed E-state index contributed by atoms with van der Waals surface area (Å²) in [5.74, 6) is 1.51. The molecule has 5 nitrogen and oxygen atoms in total. The van der Waals surface area contributed by atoms with E-state index in [-0.39, 0.29) is 12.0 Å². The lowest BCUT2D eigenvalue weighted by atomic mass is 10.1. The Morgan fingerprint density at radius 3 is 2.84 bits per heavy atom. The smallest absolute Gasteiger partial charge is 0.259 e.